The summed E-state index contributed by atoms with van der Waals surface area (Å²) >= 11 is 0. The van der Waals surface area contributed by atoms with Gasteiger partial charge in [-0.2, -0.15) is 4.98 Å². The number of hydrogen-bond acceptors (Lipinski definition) is 6. The number of likely N-dealkylation sites (tertiary alicyclic amines) is 1. The summed E-state index contributed by atoms with van der Waals surface area (Å²) < 4.78 is 10.9. The third kappa shape index (κ3) is 3.89. The lowest BCUT2D eigenvalue weighted by atomic mass is 10.1. The summed E-state index contributed by atoms with van der Waals surface area (Å²) in [6.45, 7) is 2.06. The van der Waals surface area contributed by atoms with E-state index in [-0.39, 0.29) is 17.9 Å². The third-order valence-electron chi connectivity index (χ3n) is 5.04. The van der Waals surface area contributed by atoms with Crippen LogP contribution in [-0.4, -0.2) is 40.5 Å². The maximum absolute atomic E-state index is 13.1. The smallest absolute Gasteiger partial charge is 0.254 e. The second-order valence-electron chi connectivity index (χ2n) is 7.07. The Morgan fingerprint density at radius 3 is 2.67 bits per heavy atom. The predicted octanol–water partition coefficient (Wildman–Crippen LogP) is 3.68. The third-order valence-corrected chi connectivity index (χ3v) is 5.04. The molecule has 154 valence electrons. The van der Waals surface area contributed by atoms with E-state index in [4.69, 9.17) is 9.26 Å². The van der Waals surface area contributed by atoms with Crippen LogP contribution >= 0.6 is 0 Å². The SMILES string of the molecule is COc1ccccc1-c1noc([C@H]2CCCN2C(=O)c2ccc(NC(C)=O)cc2)n1. The van der Waals surface area contributed by atoms with E-state index in [0.29, 0.717) is 35.3 Å². The first-order valence-corrected chi connectivity index (χ1v) is 9.72. The predicted molar refractivity (Wildman–Crippen MR) is 110 cm³/mol. The molecule has 1 fully saturated rings. The average molecular weight is 406 g/mol. The summed E-state index contributed by atoms with van der Waals surface area (Å²) in [6.07, 6.45) is 1.61. The number of aromatic nitrogens is 2. The summed E-state index contributed by atoms with van der Waals surface area (Å²) in [5, 5.41) is 6.80. The number of benzene rings is 2. The van der Waals surface area contributed by atoms with Crippen molar-refractivity contribution in [1.29, 1.82) is 0 Å². The molecule has 4 rings (SSSR count). The van der Waals surface area contributed by atoms with Gasteiger partial charge in [-0.05, 0) is 49.2 Å². The molecule has 3 aromatic rings. The highest BCUT2D eigenvalue weighted by Gasteiger charge is 2.34. The molecule has 0 aliphatic carbocycles. The van der Waals surface area contributed by atoms with Gasteiger partial charge in [0.2, 0.25) is 17.6 Å². The fraction of sp³-hybridized carbons (Fsp3) is 0.273. The standard InChI is InChI=1S/C22H22N4O4/c1-14(27)23-16-11-9-15(10-12-16)22(28)26-13-5-7-18(26)21-24-20(25-30-21)17-6-3-4-8-19(17)29-2/h3-4,6,8-12,18H,5,7,13H2,1-2H3,(H,23,27)/t18-/m1/s1. The Bertz CT molecular complexity index is 1060. The summed E-state index contributed by atoms with van der Waals surface area (Å²) in [5.41, 5.74) is 1.93. The first-order valence-electron chi connectivity index (χ1n) is 9.72. The zero-order valence-electron chi connectivity index (χ0n) is 16.8. The minimum Gasteiger partial charge on any atom is -0.496 e. The molecule has 1 N–H and O–H groups in total. The highest BCUT2D eigenvalue weighted by Crippen LogP contribution is 2.34. The highest BCUT2D eigenvalue weighted by molar-refractivity contribution is 5.95. The van der Waals surface area contributed by atoms with Gasteiger partial charge in [0.05, 0.1) is 12.7 Å². The van der Waals surface area contributed by atoms with Gasteiger partial charge in [-0.25, -0.2) is 0 Å². The van der Waals surface area contributed by atoms with Gasteiger partial charge in [0.1, 0.15) is 11.8 Å². The van der Waals surface area contributed by atoms with Crippen LogP contribution in [0.25, 0.3) is 11.4 Å². The molecule has 8 heteroatoms. The van der Waals surface area contributed by atoms with Crippen molar-refractivity contribution < 1.29 is 18.8 Å². The van der Waals surface area contributed by atoms with Gasteiger partial charge >= 0.3 is 0 Å². The zero-order valence-corrected chi connectivity index (χ0v) is 16.8. The van der Waals surface area contributed by atoms with E-state index < -0.39 is 0 Å². The molecule has 0 radical (unpaired) electrons. The molecule has 1 aliphatic heterocycles. The molecular formula is C22H22N4O4. The minimum atomic E-state index is -0.275. The van der Waals surface area contributed by atoms with Crippen LogP contribution in [0.5, 0.6) is 5.75 Å². The molecule has 0 bridgehead atoms. The molecule has 30 heavy (non-hydrogen) atoms. The number of anilines is 1. The van der Waals surface area contributed by atoms with E-state index in [1.165, 1.54) is 6.92 Å². The van der Waals surface area contributed by atoms with Crippen LogP contribution in [0.3, 0.4) is 0 Å². The molecule has 1 saturated heterocycles. The molecule has 8 nitrogen and oxygen atoms in total. The van der Waals surface area contributed by atoms with Crippen molar-refractivity contribution in [3.63, 3.8) is 0 Å². The van der Waals surface area contributed by atoms with E-state index in [1.807, 2.05) is 24.3 Å². The highest BCUT2D eigenvalue weighted by atomic mass is 16.5. The Morgan fingerprint density at radius 2 is 1.93 bits per heavy atom. The minimum absolute atomic E-state index is 0.107. The van der Waals surface area contributed by atoms with E-state index in [0.717, 1.165) is 18.4 Å². The van der Waals surface area contributed by atoms with Gasteiger partial charge in [-0.3, -0.25) is 9.59 Å². The molecule has 2 amide bonds. The number of hydrogen-bond donors (Lipinski definition) is 1. The lowest BCUT2D eigenvalue weighted by molar-refractivity contribution is -0.114. The number of methoxy groups -OCH3 is 1. The molecule has 2 aromatic carbocycles. The summed E-state index contributed by atoms with van der Waals surface area (Å²) in [5.74, 6) is 1.24. The molecule has 2 heterocycles. The van der Waals surface area contributed by atoms with Crippen LogP contribution < -0.4 is 10.1 Å². The first kappa shape index (κ1) is 19.6. The summed E-state index contributed by atoms with van der Waals surface area (Å²) in [6, 6.07) is 14.0. The fourth-order valence-electron chi connectivity index (χ4n) is 3.64. The number of carbonyl (C=O) groups is 2. The summed E-state index contributed by atoms with van der Waals surface area (Å²) in [4.78, 5) is 30.5. The maximum atomic E-state index is 13.1. The van der Waals surface area contributed by atoms with Crippen molar-refractivity contribution in [1.82, 2.24) is 15.0 Å². The monoisotopic (exact) mass is 406 g/mol. The summed E-state index contributed by atoms with van der Waals surface area (Å²) in [7, 11) is 1.59. The van der Waals surface area contributed by atoms with Crippen LogP contribution in [0.4, 0.5) is 5.69 Å². The number of nitrogens with one attached hydrogen (secondary N) is 1. The van der Waals surface area contributed by atoms with Gasteiger partial charge in [-0.1, -0.05) is 17.3 Å². The lowest BCUT2D eigenvalue weighted by Crippen LogP contribution is -2.30. The van der Waals surface area contributed by atoms with E-state index >= 15 is 0 Å². The number of nitrogens with zero attached hydrogens (tertiary/aromatic N) is 3. The van der Waals surface area contributed by atoms with Gasteiger partial charge in [0, 0.05) is 24.7 Å². The van der Waals surface area contributed by atoms with Gasteiger partial charge in [-0.15, -0.1) is 0 Å². The molecule has 0 saturated carbocycles. The second kappa shape index (κ2) is 8.36. The second-order valence-corrected chi connectivity index (χ2v) is 7.07. The number of amides is 2. The number of ether oxygens (including phenoxy) is 1. The lowest BCUT2D eigenvalue weighted by Gasteiger charge is -2.22. The van der Waals surface area contributed by atoms with Crippen molar-refractivity contribution in [3.8, 4) is 17.1 Å². The number of para-hydroxylation sites is 1. The first-order chi connectivity index (χ1) is 14.6. The Hall–Kier alpha value is -3.68. The molecular weight excluding hydrogens is 384 g/mol. The Balaban J connectivity index is 1.55. The van der Waals surface area contributed by atoms with E-state index in [9.17, 15) is 9.59 Å². The molecule has 1 atom stereocenters. The number of carbonyl (C=O) groups excluding carboxylic acids is 2. The van der Waals surface area contributed by atoms with Crippen molar-refractivity contribution in [3.05, 3.63) is 60.0 Å². The van der Waals surface area contributed by atoms with Gasteiger partial charge in [0.25, 0.3) is 5.91 Å². The fourth-order valence-corrected chi connectivity index (χ4v) is 3.64. The van der Waals surface area contributed by atoms with Crippen LogP contribution in [0.15, 0.2) is 53.1 Å². The van der Waals surface area contributed by atoms with Gasteiger partial charge < -0.3 is 19.5 Å². The Morgan fingerprint density at radius 1 is 1.17 bits per heavy atom. The number of rotatable bonds is 5. The van der Waals surface area contributed by atoms with Crippen LogP contribution in [-0.2, 0) is 4.79 Å². The van der Waals surface area contributed by atoms with E-state index in [1.54, 1.807) is 36.3 Å². The average Bonchev–Trinajstić information content (AvgIpc) is 3.43. The Kier molecular flexibility index (Phi) is 5.47. The molecule has 0 spiro atoms. The van der Waals surface area contributed by atoms with E-state index in [2.05, 4.69) is 15.5 Å². The maximum Gasteiger partial charge on any atom is 0.254 e. The topological polar surface area (TPSA) is 97.6 Å². The largest absolute Gasteiger partial charge is 0.496 e. The normalized spacial score (nSPS) is 15.8. The van der Waals surface area contributed by atoms with Crippen molar-refractivity contribution in [2.45, 2.75) is 25.8 Å². The molecule has 1 aromatic heterocycles. The van der Waals surface area contributed by atoms with Crippen molar-refractivity contribution in [2.24, 2.45) is 0 Å². The van der Waals surface area contributed by atoms with Crippen LogP contribution in [0, 0.1) is 0 Å². The van der Waals surface area contributed by atoms with Crippen LogP contribution in [0.2, 0.25) is 0 Å². The quantitative estimate of drug-likeness (QED) is 0.694. The van der Waals surface area contributed by atoms with Gasteiger partial charge in [0.15, 0.2) is 0 Å². The molecule has 0 unspecified atom stereocenters. The van der Waals surface area contributed by atoms with Crippen LogP contribution in [0.1, 0.15) is 42.1 Å². The molecule has 1 aliphatic rings. The van der Waals surface area contributed by atoms with Crippen molar-refractivity contribution in [2.75, 3.05) is 19.0 Å². The van der Waals surface area contributed by atoms with Crippen molar-refractivity contribution >= 4 is 17.5 Å². The Labute approximate surface area is 173 Å². The zero-order chi connectivity index (χ0) is 21.1.